The topological polar surface area (TPSA) is 82.5 Å². The highest BCUT2D eigenvalue weighted by atomic mass is 35.5. The molecule has 2 heterocycles. The molecule has 1 N–H and O–H groups in total. The van der Waals surface area contributed by atoms with Gasteiger partial charge in [-0.1, -0.05) is 23.2 Å². The minimum atomic E-state index is -3.95. The number of imidazole rings is 1. The van der Waals surface area contributed by atoms with E-state index in [1.165, 1.54) is 31.5 Å². The Hall–Kier alpha value is -2.42. The monoisotopic (exact) mass is 439 g/mol. The number of hydrogen-bond acceptors (Lipinski definition) is 5. The second-order valence-corrected chi connectivity index (χ2v) is 8.63. The molecule has 2 aromatic carbocycles. The Labute approximate surface area is 171 Å². The molecule has 0 radical (unpaired) electrons. The standard InChI is InChI=1S/C18H15Cl2N3O4S/c1-26-15-3-10-4-17-21-9-18(23(17)14(10)8-16(15)27-2)28(24,25)22-13-6-11(19)5-12(20)7-13/h3,5-9,22H,4H2,1-2H3. The fourth-order valence-electron chi connectivity index (χ4n) is 3.20. The molecule has 0 saturated heterocycles. The van der Waals surface area contributed by atoms with Crippen LogP contribution < -0.4 is 14.2 Å². The molecular formula is C18H15Cl2N3O4S. The Morgan fingerprint density at radius 2 is 1.68 bits per heavy atom. The average Bonchev–Trinajstić information content (AvgIpc) is 3.18. The average molecular weight is 440 g/mol. The van der Waals surface area contributed by atoms with Gasteiger partial charge in [0.15, 0.2) is 16.5 Å². The van der Waals surface area contributed by atoms with Crippen molar-refractivity contribution in [2.75, 3.05) is 18.9 Å². The van der Waals surface area contributed by atoms with Gasteiger partial charge in [-0.3, -0.25) is 9.29 Å². The zero-order valence-electron chi connectivity index (χ0n) is 14.9. The second kappa shape index (κ2) is 6.88. The van der Waals surface area contributed by atoms with E-state index >= 15 is 0 Å². The van der Waals surface area contributed by atoms with Crippen molar-refractivity contribution in [3.05, 3.63) is 58.0 Å². The van der Waals surface area contributed by atoms with Crippen molar-refractivity contribution in [1.29, 1.82) is 0 Å². The summed E-state index contributed by atoms with van der Waals surface area (Å²) in [5, 5.41) is 0.654. The Kier molecular flexibility index (Phi) is 4.65. The number of nitrogens with one attached hydrogen (secondary N) is 1. The van der Waals surface area contributed by atoms with Crippen molar-refractivity contribution in [2.24, 2.45) is 0 Å². The van der Waals surface area contributed by atoms with Gasteiger partial charge in [-0.2, -0.15) is 8.42 Å². The molecule has 0 aliphatic carbocycles. The Bertz CT molecular complexity index is 1170. The first-order chi connectivity index (χ1) is 13.3. The number of benzene rings is 2. The van der Waals surface area contributed by atoms with Gasteiger partial charge in [0.1, 0.15) is 5.82 Å². The number of rotatable bonds is 5. The van der Waals surface area contributed by atoms with Gasteiger partial charge in [-0.05, 0) is 29.8 Å². The Morgan fingerprint density at radius 1 is 1.04 bits per heavy atom. The maximum atomic E-state index is 13.0. The molecule has 0 fully saturated rings. The smallest absolute Gasteiger partial charge is 0.279 e. The zero-order valence-corrected chi connectivity index (χ0v) is 17.2. The van der Waals surface area contributed by atoms with Crippen molar-refractivity contribution >= 4 is 38.9 Å². The predicted octanol–water partition coefficient (Wildman–Crippen LogP) is 3.90. The normalized spacial score (nSPS) is 12.4. The third-order valence-corrected chi connectivity index (χ3v) is 6.15. The number of fused-ring (bicyclic) bond motifs is 3. The molecule has 4 rings (SSSR count). The fourth-order valence-corrected chi connectivity index (χ4v) is 4.89. The van der Waals surface area contributed by atoms with Crippen molar-refractivity contribution in [1.82, 2.24) is 9.55 Å². The molecule has 0 bridgehead atoms. The van der Waals surface area contributed by atoms with Crippen LogP contribution in [-0.4, -0.2) is 32.2 Å². The lowest BCUT2D eigenvalue weighted by molar-refractivity contribution is 0.354. The maximum Gasteiger partial charge on any atom is 0.279 e. The van der Waals surface area contributed by atoms with Crippen LogP contribution in [0.25, 0.3) is 5.69 Å². The molecule has 1 aliphatic heterocycles. The number of halogens is 2. The molecule has 28 heavy (non-hydrogen) atoms. The van der Waals surface area contributed by atoms with E-state index in [-0.39, 0.29) is 10.7 Å². The third kappa shape index (κ3) is 3.17. The van der Waals surface area contributed by atoms with Crippen LogP contribution in [0.2, 0.25) is 10.0 Å². The zero-order chi connectivity index (χ0) is 20.1. The van der Waals surface area contributed by atoms with Crippen LogP contribution >= 0.6 is 23.2 Å². The second-order valence-electron chi connectivity index (χ2n) is 6.12. The number of aromatic nitrogens is 2. The number of nitrogens with zero attached hydrogens (tertiary/aromatic N) is 2. The van der Waals surface area contributed by atoms with Gasteiger partial charge < -0.3 is 9.47 Å². The maximum absolute atomic E-state index is 13.0. The number of methoxy groups -OCH3 is 2. The lowest BCUT2D eigenvalue weighted by atomic mass is 10.1. The molecule has 1 aliphatic rings. The van der Waals surface area contributed by atoms with Gasteiger partial charge in [-0.15, -0.1) is 0 Å². The summed E-state index contributed by atoms with van der Waals surface area (Å²) in [5.74, 6) is 1.68. The van der Waals surface area contributed by atoms with Crippen LogP contribution in [0.5, 0.6) is 11.5 Å². The molecule has 0 amide bonds. The van der Waals surface area contributed by atoms with E-state index in [1.54, 1.807) is 17.7 Å². The molecule has 0 spiro atoms. The van der Waals surface area contributed by atoms with Crippen LogP contribution in [-0.2, 0) is 16.4 Å². The van der Waals surface area contributed by atoms with Crippen LogP contribution in [0.1, 0.15) is 11.4 Å². The minimum Gasteiger partial charge on any atom is -0.493 e. The largest absolute Gasteiger partial charge is 0.493 e. The van der Waals surface area contributed by atoms with Gasteiger partial charge in [0.25, 0.3) is 10.0 Å². The summed E-state index contributed by atoms with van der Waals surface area (Å²) >= 11 is 11.9. The lowest BCUT2D eigenvalue weighted by Gasteiger charge is -2.13. The van der Waals surface area contributed by atoms with Gasteiger partial charge >= 0.3 is 0 Å². The van der Waals surface area contributed by atoms with E-state index in [2.05, 4.69) is 9.71 Å². The molecule has 3 aromatic rings. The van der Waals surface area contributed by atoms with E-state index < -0.39 is 10.0 Å². The lowest BCUT2D eigenvalue weighted by Crippen LogP contribution is -2.16. The quantitative estimate of drug-likeness (QED) is 0.509. The highest BCUT2D eigenvalue weighted by molar-refractivity contribution is 7.92. The Morgan fingerprint density at radius 3 is 2.32 bits per heavy atom. The molecule has 146 valence electrons. The summed E-state index contributed by atoms with van der Waals surface area (Å²) in [7, 11) is -0.872. The van der Waals surface area contributed by atoms with E-state index in [1.807, 2.05) is 6.07 Å². The van der Waals surface area contributed by atoms with E-state index in [9.17, 15) is 8.42 Å². The van der Waals surface area contributed by atoms with Crippen molar-refractivity contribution < 1.29 is 17.9 Å². The number of hydrogen-bond donors (Lipinski definition) is 1. The molecule has 0 atom stereocenters. The first-order valence-corrected chi connectivity index (χ1v) is 10.4. The molecular weight excluding hydrogens is 425 g/mol. The van der Waals surface area contributed by atoms with E-state index in [4.69, 9.17) is 32.7 Å². The van der Waals surface area contributed by atoms with Gasteiger partial charge in [0, 0.05) is 22.5 Å². The predicted molar refractivity (Wildman–Crippen MR) is 107 cm³/mol. The third-order valence-electron chi connectivity index (χ3n) is 4.37. The van der Waals surface area contributed by atoms with Gasteiger partial charge in [0.05, 0.1) is 31.8 Å². The van der Waals surface area contributed by atoms with Crippen LogP contribution in [0, 0.1) is 0 Å². The SMILES string of the molecule is COc1cc2c(cc1OC)-n1c(S(=O)(=O)Nc3cc(Cl)cc(Cl)c3)cnc1C2. The molecule has 0 unspecified atom stereocenters. The summed E-state index contributed by atoms with van der Waals surface area (Å²) in [6.07, 6.45) is 1.80. The number of sulfonamides is 1. The Balaban J connectivity index is 1.79. The first-order valence-electron chi connectivity index (χ1n) is 8.13. The van der Waals surface area contributed by atoms with Crippen LogP contribution in [0.3, 0.4) is 0 Å². The minimum absolute atomic E-state index is 0.00423. The molecule has 0 saturated carbocycles. The summed E-state index contributed by atoms with van der Waals surface area (Å²) < 4.78 is 40.8. The van der Waals surface area contributed by atoms with Crippen molar-refractivity contribution in [2.45, 2.75) is 11.4 Å². The number of anilines is 1. The fraction of sp³-hybridized carbons (Fsp3) is 0.167. The highest BCUT2D eigenvalue weighted by Crippen LogP contribution is 2.39. The highest BCUT2D eigenvalue weighted by Gasteiger charge is 2.30. The van der Waals surface area contributed by atoms with Crippen molar-refractivity contribution in [3.8, 4) is 17.2 Å². The molecule has 10 heteroatoms. The summed E-state index contributed by atoms with van der Waals surface area (Å²) in [6.45, 7) is 0. The summed E-state index contributed by atoms with van der Waals surface area (Å²) in [4.78, 5) is 4.28. The van der Waals surface area contributed by atoms with E-state index in [0.717, 1.165) is 5.56 Å². The summed E-state index contributed by atoms with van der Waals surface area (Å²) in [6, 6.07) is 8.04. The van der Waals surface area contributed by atoms with Crippen molar-refractivity contribution in [3.63, 3.8) is 0 Å². The first kappa shape index (κ1) is 18.9. The van der Waals surface area contributed by atoms with Gasteiger partial charge in [-0.25, -0.2) is 4.98 Å². The molecule has 7 nitrogen and oxygen atoms in total. The number of ether oxygens (including phenoxy) is 2. The van der Waals surface area contributed by atoms with Crippen LogP contribution in [0.15, 0.2) is 41.6 Å². The van der Waals surface area contributed by atoms with E-state index in [0.29, 0.717) is 39.5 Å². The van der Waals surface area contributed by atoms with Crippen LogP contribution in [0.4, 0.5) is 5.69 Å². The van der Waals surface area contributed by atoms with Gasteiger partial charge in [0.2, 0.25) is 0 Å². The summed E-state index contributed by atoms with van der Waals surface area (Å²) in [5.41, 5.74) is 1.83. The molecule has 1 aromatic heterocycles.